The second-order valence-electron chi connectivity index (χ2n) is 10.0. The van der Waals surface area contributed by atoms with Crippen LogP contribution in [0, 0.1) is 0 Å². The average molecular weight is 478 g/mol. The van der Waals surface area contributed by atoms with Gasteiger partial charge in [0.15, 0.2) is 0 Å². The molecule has 33 heavy (non-hydrogen) atoms. The van der Waals surface area contributed by atoms with Crippen LogP contribution >= 0.6 is 0 Å². The predicted octanol–water partition coefficient (Wildman–Crippen LogP) is 6.84. The first kappa shape index (κ1) is 34.1. The third-order valence-electron chi connectivity index (χ3n) is 6.28. The topological polar surface area (TPSA) is 0 Å². The van der Waals surface area contributed by atoms with Gasteiger partial charge in [0.25, 0.3) is 0 Å². The van der Waals surface area contributed by atoms with E-state index in [1.165, 1.54) is 115 Å². The van der Waals surface area contributed by atoms with Crippen molar-refractivity contribution < 1.29 is 16.9 Å². The molecule has 1 aromatic rings. The smallest absolute Gasteiger partial charge is 0.0966 e. The van der Waals surface area contributed by atoms with E-state index in [-0.39, 0.29) is 12.4 Å². The van der Waals surface area contributed by atoms with Crippen molar-refractivity contribution in [1.29, 1.82) is 0 Å². The molecule has 192 valence electrons. The second kappa shape index (κ2) is 25.6. The number of halogens is 1. The van der Waals surface area contributed by atoms with Gasteiger partial charge in [-0.15, -0.1) is 0 Å². The lowest BCUT2D eigenvalue weighted by atomic mass is 10.0. The van der Waals surface area contributed by atoms with Crippen molar-refractivity contribution in [3.05, 3.63) is 55.1 Å². The molecule has 0 saturated carbocycles. The van der Waals surface area contributed by atoms with Gasteiger partial charge < -0.3 is 16.9 Å². The Morgan fingerprint density at radius 2 is 1.03 bits per heavy atom. The molecule has 1 nitrogen and oxygen atoms in total. The number of unbranched alkanes of at least 4 members (excludes halogenated alkanes) is 15. The minimum absolute atomic E-state index is 0. The van der Waals surface area contributed by atoms with Crippen LogP contribution in [0.5, 0.6) is 0 Å². The largest absolute Gasteiger partial charge is 1.00 e. The molecule has 0 aliphatic carbocycles. The van der Waals surface area contributed by atoms with Gasteiger partial charge in [0.05, 0.1) is 27.2 Å². The SMILES string of the molecule is C=CC[N+](C)(C)CCCCCCCCCCCCCCCCCC.C=Cc1ccccc1.[Cl-]. The van der Waals surface area contributed by atoms with Crippen LogP contribution in [0.2, 0.25) is 0 Å². The first-order valence-corrected chi connectivity index (χ1v) is 13.7. The highest BCUT2D eigenvalue weighted by Crippen LogP contribution is 2.14. The van der Waals surface area contributed by atoms with Crippen molar-refractivity contribution in [2.75, 3.05) is 27.2 Å². The molecule has 1 aromatic carbocycles. The lowest BCUT2D eigenvalue weighted by Crippen LogP contribution is -3.00. The summed E-state index contributed by atoms with van der Waals surface area (Å²) < 4.78 is 1.10. The van der Waals surface area contributed by atoms with Crippen molar-refractivity contribution >= 4 is 6.08 Å². The average Bonchev–Trinajstić information content (AvgIpc) is 2.79. The van der Waals surface area contributed by atoms with E-state index in [1.54, 1.807) is 0 Å². The van der Waals surface area contributed by atoms with E-state index in [2.05, 4.69) is 34.2 Å². The molecule has 0 radical (unpaired) electrons. The van der Waals surface area contributed by atoms with Crippen LogP contribution in [-0.4, -0.2) is 31.7 Å². The van der Waals surface area contributed by atoms with Gasteiger partial charge in [-0.05, 0) is 24.5 Å². The van der Waals surface area contributed by atoms with Gasteiger partial charge in [0, 0.05) is 0 Å². The lowest BCUT2D eigenvalue weighted by molar-refractivity contribution is -0.884. The number of rotatable bonds is 20. The summed E-state index contributed by atoms with van der Waals surface area (Å²) in [5.74, 6) is 0. The van der Waals surface area contributed by atoms with Gasteiger partial charge in [-0.2, -0.15) is 0 Å². The maximum Gasteiger partial charge on any atom is 0.0966 e. The first-order valence-electron chi connectivity index (χ1n) is 13.7. The number of nitrogens with zero attached hydrogens (tertiary/aromatic N) is 1. The Hall–Kier alpha value is -1.05. The number of quaternary nitrogens is 1. The highest BCUT2D eigenvalue weighted by atomic mass is 35.5. The summed E-state index contributed by atoms with van der Waals surface area (Å²) in [5, 5.41) is 0. The zero-order chi connectivity index (χ0) is 23.8. The Labute approximate surface area is 214 Å². The summed E-state index contributed by atoms with van der Waals surface area (Å²) >= 11 is 0. The second-order valence-corrected chi connectivity index (χ2v) is 10.0. The van der Waals surface area contributed by atoms with Crippen molar-refractivity contribution in [3.63, 3.8) is 0 Å². The molecule has 0 fully saturated rings. The first-order chi connectivity index (χ1) is 15.6. The maximum atomic E-state index is 3.85. The van der Waals surface area contributed by atoms with Crippen LogP contribution in [0.3, 0.4) is 0 Å². The van der Waals surface area contributed by atoms with Crippen molar-refractivity contribution in [2.45, 2.75) is 110 Å². The van der Waals surface area contributed by atoms with Crippen LogP contribution in [0.15, 0.2) is 49.6 Å². The van der Waals surface area contributed by atoms with E-state index in [0.29, 0.717) is 0 Å². The molecule has 0 aliphatic heterocycles. The van der Waals surface area contributed by atoms with E-state index in [1.807, 2.05) is 42.5 Å². The van der Waals surface area contributed by atoms with Crippen LogP contribution < -0.4 is 12.4 Å². The predicted molar refractivity (Wildman–Crippen MR) is 148 cm³/mol. The standard InChI is InChI=1S/C23H48N.C8H8.ClH/c1-5-7-8-9-10-11-12-13-14-15-16-17-18-19-20-21-23-24(3,4)22-6-2;1-2-8-6-4-3-5-7-8;/h6H,2,5,7-23H2,1,3-4H3;2-7H,1H2;1H/q+1;;/p-1. The number of hydrogen-bond donors (Lipinski definition) is 0. The molecule has 1 rings (SSSR count). The fourth-order valence-electron chi connectivity index (χ4n) is 4.12. The number of benzene rings is 1. The summed E-state index contributed by atoms with van der Waals surface area (Å²) in [6, 6.07) is 10.0. The van der Waals surface area contributed by atoms with Crippen molar-refractivity contribution in [3.8, 4) is 0 Å². The normalized spacial score (nSPS) is 10.6. The maximum absolute atomic E-state index is 3.85. The van der Waals surface area contributed by atoms with Crippen molar-refractivity contribution in [2.24, 2.45) is 0 Å². The highest BCUT2D eigenvalue weighted by molar-refractivity contribution is 5.45. The Kier molecular flexibility index (Phi) is 26.4. The molecule has 0 aliphatic rings. The van der Waals surface area contributed by atoms with E-state index in [9.17, 15) is 0 Å². The van der Waals surface area contributed by atoms with E-state index < -0.39 is 0 Å². The van der Waals surface area contributed by atoms with Gasteiger partial charge in [0.2, 0.25) is 0 Å². The van der Waals surface area contributed by atoms with Crippen molar-refractivity contribution in [1.82, 2.24) is 0 Å². The highest BCUT2D eigenvalue weighted by Gasteiger charge is 2.11. The fraction of sp³-hybridized carbons (Fsp3) is 0.677. The Bertz CT molecular complexity index is 523. The summed E-state index contributed by atoms with van der Waals surface area (Å²) in [6.45, 7) is 12.2. The molecule has 0 unspecified atom stereocenters. The Morgan fingerprint density at radius 3 is 1.36 bits per heavy atom. The zero-order valence-electron chi connectivity index (χ0n) is 22.5. The van der Waals surface area contributed by atoms with E-state index in [0.717, 1.165) is 11.0 Å². The number of hydrogen-bond acceptors (Lipinski definition) is 0. The van der Waals surface area contributed by atoms with Gasteiger partial charge in [-0.25, -0.2) is 0 Å². The molecule has 0 N–H and O–H groups in total. The molecular formula is C31H56ClN. The van der Waals surface area contributed by atoms with Gasteiger partial charge >= 0.3 is 0 Å². The monoisotopic (exact) mass is 477 g/mol. The van der Waals surface area contributed by atoms with Gasteiger partial charge in [0.1, 0.15) is 0 Å². The molecule has 0 amide bonds. The molecule has 0 heterocycles. The Balaban J connectivity index is 0. The minimum Gasteiger partial charge on any atom is -1.00 e. The summed E-state index contributed by atoms with van der Waals surface area (Å²) in [5.41, 5.74) is 1.17. The zero-order valence-corrected chi connectivity index (χ0v) is 23.3. The molecule has 2 heteroatoms. The molecular weight excluding hydrogens is 422 g/mol. The lowest BCUT2D eigenvalue weighted by Gasteiger charge is -2.28. The molecule has 0 saturated heterocycles. The van der Waals surface area contributed by atoms with E-state index in [4.69, 9.17) is 0 Å². The molecule has 0 atom stereocenters. The molecule has 0 spiro atoms. The summed E-state index contributed by atoms with van der Waals surface area (Å²) in [7, 11) is 4.62. The fourth-order valence-corrected chi connectivity index (χ4v) is 4.12. The van der Waals surface area contributed by atoms with Crippen LogP contribution in [0.1, 0.15) is 115 Å². The third-order valence-corrected chi connectivity index (χ3v) is 6.28. The molecule has 0 aromatic heterocycles. The third kappa shape index (κ3) is 25.4. The van der Waals surface area contributed by atoms with Crippen LogP contribution in [0.25, 0.3) is 6.08 Å². The van der Waals surface area contributed by atoms with Gasteiger partial charge in [-0.3, -0.25) is 0 Å². The summed E-state index contributed by atoms with van der Waals surface area (Å²) in [4.78, 5) is 0. The van der Waals surface area contributed by atoms with E-state index >= 15 is 0 Å². The molecule has 0 bridgehead atoms. The number of likely N-dealkylation sites (N-methyl/N-ethyl adjacent to an activating group) is 1. The van der Waals surface area contributed by atoms with Crippen LogP contribution in [0.4, 0.5) is 0 Å². The summed E-state index contributed by atoms with van der Waals surface area (Å²) in [6.07, 6.45) is 27.1. The Morgan fingerprint density at radius 1 is 0.636 bits per heavy atom. The minimum atomic E-state index is 0. The quantitative estimate of drug-likeness (QED) is 0.109. The van der Waals surface area contributed by atoms with Crippen LogP contribution in [-0.2, 0) is 0 Å². The van der Waals surface area contributed by atoms with Gasteiger partial charge in [-0.1, -0.05) is 146 Å².